The van der Waals surface area contributed by atoms with Crippen molar-refractivity contribution in [2.24, 2.45) is 5.73 Å². The molecule has 2 aromatic rings. The largest absolute Gasteiger partial charge is 0.339 e. The lowest BCUT2D eigenvalue weighted by Crippen LogP contribution is -2.50. The molecular formula is C20H27N3O3. The predicted octanol–water partition coefficient (Wildman–Crippen LogP) is 1.98. The van der Waals surface area contributed by atoms with Crippen molar-refractivity contribution in [3.8, 4) is 0 Å². The number of hydrogen-bond donors (Lipinski definition) is 4. The van der Waals surface area contributed by atoms with Gasteiger partial charge in [0.25, 0.3) is 11.8 Å². The van der Waals surface area contributed by atoms with Crippen LogP contribution in [-0.2, 0) is 17.6 Å². The van der Waals surface area contributed by atoms with Crippen LogP contribution in [0.4, 0.5) is 0 Å². The average Bonchev–Trinajstić information content (AvgIpc) is 2.65. The predicted molar refractivity (Wildman–Crippen MR) is 102 cm³/mol. The summed E-state index contributed by atoms with van der Waals surface area (Å²) in [5.74, 6) is -1.16. The Kier molecular flexibility index (Phi) is 8.48. The molecule has 0 aliphatic rings. The summed E-state index contributed by atoms with van der Waals surface area (Å²) in [4.78, 5) is 23.5. The number of nitrogens with two attached hydrogens (primary N) is 1. The van der Waals surface area contributed by atoms with Gasteiger partial charge in [-0.2, -0.15) is 0 Å². The van der Waals surface area contributed by atoms with Gasteiger partial charge in [-0.25, -0.2) is 5.48 Å². The lowest BCUT2D eigenvalue weighted by molar-refractivity contribution is -0.130. The van der Waals surface area contributed by atoms with Gasteiger partial charge in [0.15, 0.2) is 0 Å². The third-order valence-electron chi connectivity index (χ3n) is 4.01. The fourth-order valence-electron chi connectivity index (χ4n) is 2.42. The van der Waals surface area contributed by atoms with Crippen LogP contribution >= 0.6 is 0 Å². The molecule has 5 N–H and O–H groups in total. The molecule has 2 rings (SSSR count). The van der Waals surface area contributed by atoms with Gasteiger partial charge in [0, 0.05) is 12.1 Å². The zero-order valence-electron chi connectivity index (χ0n) is 14.2. The van der Waals surface area contributed by atoms with Crippen LogP contribution in [0.5, 0.6) is 0 Å². The Morgan fingerprint density at radius 3 is 1.96 bits per heavy atom. The molecule has 0 aromatic heterocycles. The van der Waals surface area contributed by atoms with Gasteiger partial charge in [-0.3, -0.25) is 14.8 Å². The van der Waals surface area contributed by atoms with Gasteiger partial charge >= 0.3 is 0 Å². The van der Waals surface area contributed by atoms with Crippen molar-refractivity contribution < 1.29 is 14.8 Å². The second-order valence-corrected chi connectivity index (χ2v) is 5.92. The number of benzene rings is 2. The second kappa shape index (κ2) is 10.3. The molecule has 1 atom stereocenters. The van der Waals surface area contributed by atoms with Crippen LogP contribution in [-0.4, -0.2) is 29.6 Å². The fourth-order valence-corrected chi connectivity index (χ4v) is 2.42. The SMILES string of the molecule is C.Cc1ccc(CCc2ccc(C(=O)N[C@@H](CN)C(=O)NO)cc2)cc1. The van der Waals surface area contributed by atoms with Crippen LogP contribution in [0.25, 0.3) is 0 Å². The number of hydrogen-bond acceptors (Lipinski definition) is 4. The zero-order valence-corrected chi connectivity index (χ0v) is 14.2. The summed E-state index contributed by atoms with van der Waals surface area (Å²) in [6, 6.07) is 14.7. The van der Waals surface area contributed by atoms with Crippen molar-refractivity contribution >= 4 is 11.8 Å². The maximum Gasteiger partial charge on any atom is 0.267 e. The molecule has 0 heterocycles. The van der Waals surface area contributed by atoms with Crippen LogP contribution in [0.15, 0.2) is 48.5 Å². The van der Waals surface area contributed by atoms with Gasteiger partial charge in [0.05, 0.1) is 0 Å². The molecule has 0 saturated carbocycles. The zero-order chi connectivity index (χ0) is 18.2. The first-order valence-electron chi connectivity index (χ1n) is 8.13. The highest BCUT2D eigenvalue weighted by Gasteiger charge is 2.19. The van der Waals surface area contributed by atoms with E-state index in [1.165, 1.54) is 16.6 Å². The number of hydroxylamine groups is 1. The van der Waals surface area contributed by atoms with Gasteiger partial charge in [-0.15, -0.1) is 0 Å². The number of rotatable bonds is 7. The normalized spacial score (nSPS) is 11.2. The summed E-state index contributed by atoms with van der Waals surface area (Å²) in [6.45, 7) is 1.96. The molecule has 0 fully saturated rings. The first-order chi connectivity index (χ1) is 12.0. The van der Waals surface area contributed by atoms with E-state index in [4.69, 9.17) is 10.9 Å². The number of amides is 2. The highest BCUT2D eigenvalue weighted by molar-refractivity contribution is 5.97. The first-order valence-corrected chi connectivity index (χ1v) is 8.13. The molecule has 0 aliphatic heterocycles. The van der Waals surface area contributed by atoms with E-state index in [-0.39, 0.29) is 14.0 Å². The van der Waals surface area contributed by atoms with Gasteiger partial charge in [-0.05, 0) is 43.0 Å². The standard InChI is InChI=1S/C19H23N3O3.CH4/c1-13-2-4-14(5-3-13)6-7-15-8-10-16(11-9-15)18(23)21-17(12-20)19(24)22-25;/h2-5,8-11,17,25H,6-7,12,20H2,1H3,(H,21,23)(H,22,24);1H4/t17-;/m0./s1. The molecule has 2 aromatic carbocycles. The quantitative estimate of drug-likeness (QED) is 0.449. The van der Waals surface area contributed by atoms with Crippen LogP contribution in [0.2, 0.25) is 0 Å². The lowest BCUT2D eigenvalue weighted by Gasteiger charge is -2.14. The minimum absolute atomic E-state index is 0. The van der Waals surface area contributed by atoms with E-state index in [2.05, 4.69) is 36.5 Å². The average molecular weight is 357 g/mol. The maximum absolute atomic E-state index is 12.1. The van der Waals surface area contributed by atoms with Crippen LogP contribution in [0.1, 0.15) is 34.5 Å². The van der Waals surface area contributed by atoms with Crippen molar-refractivity contribution in [3.63, 3.8) is 0 Å². The Morgan fingerprint density at radius 2 is 1.50 bits per heavy atom. The molecule has 0 saturated heterocycles. The van der Waals surface area contributed by atoms with Crippen molar-refractivity contribution in [2.45, 2.75) is 33.2 Å². The number of carbonyl (C=O) groups excluding carboxylic acids is 2. The van der Waals surface area contributed by atoms with Gasteiger partial charge in [-0.1, -0.05) is 49.4 Å². The minimum atomic E-state index is -0.973. The van der Waals surface area contributed by atoms with Crippen molar-refractivity contribution in [3.05, 3.63) is 70.8 Å². The number of nitrogens with one attached hydrogen (secondary N) is 2. The van der Waals surface area contributed by atoms with E-state index in [0.29, 0.717) is 5.56 Å². The molecule has 2 amide bonds. The monoisotopic (exact) mass is 357 g/mol. The number of carbonyl (C=O) groups is 2. The van der Waals surface area contributed by atoms with Crippen LogP contribution < -0.4 is 16.5 Å². The molecule has 140 valence electrons. The summed E-state index contributed by atoms with van der Waals surface area (Å²) >= 11 is 0. The topological polar surface area (TPSA) is 104 Å². The highest BCUT2D eigenvalue weighted by atomic mass is 16.5. The summed E-state index contributed by atoms with van der Waals surface area (Å²) in [7, 11) is 0. The molecular weight excluding hydrogens is 330 g/mol. The van der Waals surface area contributed by atoms with E-state index in [0.717, 1.165) is 18.4 Å². The van der Waals surface area contributed by atoms with Gasteiger partial charge in [0.1, 0.15) is 6.04 Å². The Balaban J connectivity index is 0.00000338. The summed E-state index contributed by atoms with van der Waals surface area (Å²) in [5.41, 5.74) is 11.0. The number of aryl methyl sites for hydroxylation is 3. The molecule has 0 spiro atoms. The maximum atomic E-state index is 12.1. The Hall–Kier alpha value is -2.70. The van der Waals surface area contributed by atoms with E-state index >= 15 is 0 Å². The van der Waals surface area contributed by atoms with E-state index in [9.17, 15) is 9.59 Å². The molecule has 0 bridgehead atoms. The molecule has 6 heteroatoms. The van der Waals surface area contributed by atoms with Gasteiger partial charge < -0.3 is 11.1 Å². The second-order valence-electron chi connectivity index (χ2n) is 5.92. The third-order valence-corrected chi connectivity index (χ3v) is 4.01. The van der Waals surface area contributed by atoms with E-state index < -0.39 is 17.9 Å². The van der Waals surface area contributed by atoms with E-state index in [1.54, 1.807) is 12.1 Å². The smallest absolute Gasteiger partial charge is 0.267 e. The summed E-state index contributed by atoms with van der Waals surface area (Å²) in [5, 5.41) is 11.1. The third kappa shape index (κ3) is 5.98. The highest BCUT2D eigenvalue weighted by Crippen LogP contribution is 2.10. The Labute approximate surface area is 154 Å². The molecule has 0 aliphatic carbocycles. The molecule has 26 heavy (non-hydrogen) atoms. The van der Waals surface area contributed by atoms with Crippen LogP contribution in [0, 0.1) is 6.92 Å². The van der Waals surface area contributed by atoms with Crippen molar-refractivity contribution in [1.29, 1.82) is 0 Å². The molecule has 0 unspecified atom stereocenters. The van der Waals surface area contributed by atoms with Crippen molar-refractivity contribution in [2.75, 3.05) is 6.54 Å². The summed E-state index contributed by atoms with van der Waals surface area (Å²) < 4.78 is 0. The van der Waals surface area contributed by atoms with Crippen molar-refractivity contribution in [1.82, 2.24) is 10.8 Å². The van der Waals surface area contributed by atoms with E-state index in [1.807, 2.05) is 12.1 Å². The minimum Gasteiger partial charge on any atom is -0.339 e. The first kappa shape index (κ1) is 21.3. The fraction of sp³-hybridized carbons (Fsp3) is 0.300. The van der Waals surface area contributed by atoms with Gasteiger partial charge in [0.2, 0.25) is 0 Å². The molecule has 0 radical (unpaired) electrons. The lowest BCUT2D eigenvalue weighted by atomic mass is 10.0. The Morgan fingerprint density at radius 1 is 1.00 bits per heavy atom. The Bertz CT molecular complexity index is 712. The van der Waals surface area contributed by atoms with Crippen LogP contribution in [0.3, 0.4) is 0 Å². The summed E-state index contributed by atoms with van der Waals surface area (Å²) in [6.07, 6.45) is 1.81. The molecule has 6 nitrogen and oxygen atoms in total.